The van der Waals surface area contributed by atoms with Gasteiger partial charge >= 0.3 is 0 Å². The van der Waals surface area contributed by atoms with Gasteiger partial charge in [-0.05, 0) is 0 Å². The molecule has 0 spiro atoms. The van der Waals surface area contributed by atoms with Crippen LogP contribution in [0.4, 0.5) is 0 Å². The van der Waals surface area contributed by atoms with Gasteiger partial charge in [-0.1, -0.05) is 0 Å². The first kappa shape index (κ1) is 7.64. The summed E-state index contributed by atoms with van der Waals surface area (Å²) in [6.45, 7) is 2.25. The largest absolute Gasteiger partial charge is 0.371 e. The van der Waals surface area contributed by atoms with E-state index in [0.29, 0.717) is 6.61 Å². The fraction of sp³-hybridized carbons (Fsp3) is 0.500. The Morgan fingerprint density at radius 3 is 2.83 bits per heavy atom. The molecule has 0 aromatic carbocycles. The first-order valence-electron chi connectivity index (χ1n) is 3.96. The minimum absolute atomic E-state index is 0.0694. The Morgan fingerprint density at radius 2 is 2.17 bits per heavy atom. The van der Waals surface area contributed by atoms with E-state index in [0.717, 1.165) is 18.7 Å². The van der Waals surface area contributed by atoms with Crippen molar-refractivity contribution in [3.8, 4) is 0 Å². The van der Waals surface area contributed by atoms with Crippen molar-refractivity contribution in [1.29, 1.82) is 0 Å². The van der Waals surface area contributed by atoms with E-state index in [-0.39, 0.29) is 6.10 Å². The third kappa shape index (κ3) is 1.60. The average Bonchev–Trinajstić information content (AvgIpc) is 2.21. The van der Waals surface area contributed by atoms with Crippen molar-refractivity contribution in [2.24, 2.45) is 0 Å². The summed E-state index contributed by atoms with van der Waals surface area (Å²) < 4.78 is 5.49. The van der Waals surface area contributed by atoms with Gasteiger partial charge in [0.25, 0.3) is 0 Å². The minimum atomic E-state index is 0.0694. The van der Waals surface area contributed by atoms with Gasteiger partial charge in [-0.3, -0.25) is 0 Å². The molecule has 1 fully saturated rings. The van der Waals surface area contributed by atoms with Gasteiger partial charge in [0.1, 0.15) is 6.33 Å². The van der Waals surface area contributed by atoms with E-state index in [1.54, 1.807) is 12.4 Å². The summed E-state index contributed by atoms with van der Waals surface area (Å²) in [5.41, 5.74) is 1.01. The molecule has 12 heavy (non-hydrogen) atoms. The minimum Gasteiger partial charge on any atom is -0.371 e. The molecule has 0 bridgehead atoms. The Balaban J connectivity index is 2.08. The van der Waals surface area contributed by atoms with E-state index < -0.39 is 0 Å². The number of hydrogen-bond donors (Lipinski definition) is 0. The molecule has 1 saturated heterocycles. The lowest BCUT2D eigenvalue weighted by Crippen LogP contribution is -2.28. The second-order valence-electron chi connectivity index (χ2n) is 2.66. The van der Waals surface area contributed by atoms with Crippen LogP contribution in [0.25, 0.3) is 0 Å². The fourth-order valence-corrected chi connectivity index (χ4v) is 1.20. The zero-order valence-corrected chi connectivity index (χ0v) is 6.68. The maximum atomic E-state index is 5.49. The highest BCUT2D eigenvalue weighted by Gasteiger charge is 2.16. The summed E-state index contributed by atoms with van der Waals surface area (Å²) in [5, 5.41) is 4.25. The van der Waals surface area contributed by atoms with E-state index in [4.69, 9.17) is 4.74 Å². The highest BCUT2D eigenvalue weighted by atomic mass is 16.5. The third-order valence-electron chi connectivity index (χ3n) is 1.82. The first-order valence-corrected chi connectivity index (χ1v) is 3.96. The normalized spacial score (nSPS) is 23.8. The molecule has 4 nitrogen and oxygen atoms in total. The Hall–Kier alpha value is -1.00. The Bertz CT molecular complexity index is 233. The summed E-state index contributed by atoms with van der Waals surface area (Å²) >= 11 is 0. The van der Waals surface area contributed by atoms with Crippen LogP contribution in [0, 0.1) is 0 Å². The van der Waals surface area contributed by atoms with Gasteiger partial charge in [-0.2, -0.15) is 0 Å². The molecule has 0 amide bonds. The van der Waals surface area contributed by atoms with Crippen LogP contribution in [0.3, 0.4) is 0 Å². The molecule has 2 rings (SSSR count). The van der Waals surface area contributed by atoms with Crippen LogP contribution in [0.5, 0.6) is 0 Å². The topological polar surface area (TPSA) is 49.1 Å². The molecule has 0 saturated carbocycles. The van der Waals surface area contributed by atoms with Crippen LogP contribution in [0.1, 0.15) is 11.7 Å². The molecule has 2 heterocycles. The quantitative estimate of drug-likeness (QED) is 0.593. The van der Waals surface area contributed by atoms with Crippen molar-refractivity contribution in [1.82, 2.24) is 15.3 Å². The van der Waals surface area contributed by atoms with E-state index in [2.05, 4.69) is 15.3 Å². The van der Waals surface area contributed by atoms with E-state index >= 15 is 0 Å². The van der Waals surface area contributed by atoms with Crippen LogP contribution in [-0.4, -0.2) is 29.7 Å². The van der Waals surface area contributed by atoms with Crippen molar-refractivity contribution in [2.45, 2.75) is 6.10 Å². The molecule has 1 radical (unpaired) electrons. The van der Waals surface area contributed by atoms with Gasteiger partial charge < -0.3 is 4.74 Å². The predicted molar refractivity (Wildman–Crippen MR) is 42.6 cm³/mol. The lowest BCUT2D eigenvalue weighted by molar-refractivity contribution is 0.0256. The summed E-state index contributed by atoms with van der Waals surface area (Å²) in [5.74, 6) is 0. The Kier molecular flexibility index (Phi) is 2.29. The number of morpholine rings is 1. The van der Waals surface area contributed by atoms with Gasteiger partial charge in [0.05, 0.1) is 12.7 Å². The molecule has 1 aliphatic rings. The summed E-state index contributed by atoms with van der Waals surface area (Å²) in [6, 6.07) is 0. The lowest BCUT2D eigenvalue weighted by Gasteiger charge is -2.21. The molecule has 0 aliphatic carbocycles. The number of rotatable bonds is 1. The molecule has 1 unspecified atom stereocenters. The van der Waals surface area contributed by atoms with Gasteiger partial charge in [0.2, 0.25) is 0 Å². The maximum absolute atomic E-state index is 5.49. The van der Waals surface area contributed by atoms with Crippen LogP contribution in [0.15, 0.2) is 18.7 Å². The van der Waals surface area contributed by atoms with Crippen LogP contribution < -0.4 is 5.32 Å². The van der Waals surface area contributed by atoms with Gasteiger partial charge in [-0.15, -0.1) is 0 Å². The second-order valence-corrected chi connectivity index (χ2v) is 2.66. The Labute approximate surface area is 71.0 Å². The Morgan fingerprint density at radius 1 is 1.33 bits per heavy atom. The molecule has 1 aromatic heterocycles. The van der Waals surface area contributed by atoms with Gasteiger partial charge in [0.15, 0.2) is 0 Å². The third-order valence-corrected chi connectivity index (χ3v) is 1.82. The van der Waals surface area contributed by atoms with Crippen LogP contribution in [0.2, 0.25) is 0 Å². The highest BCUT2D eigenvalue weighted by Crippen LogP contribution is 2.16. The monoisotopic (exact) mass is 164 g/mol. The van der Waals surface area contributed by atoms with Gasteiger partial charge in [0, 0.05) is 31.0 Å². The zero-order valence-electron chi connectivity index (χ0n) is 6.68. The second kappa shape index (κ2) is 3.60. The molecule has 1 aliphatic heterocycles. The highest BCUT2D eigenvalue weighted by molar-refractivity contribution is 5.07. The molecule has 4 heteroatoms. The number of nitrogens with zero attached hydrogens (tertiary/aromatic N) is 3. The van der Waals surface area contributed by atoms with Crippen LogP contribution >= 0.6 is 0 Å². The first-order chi connectivity index (χ1) is 5.97. The average molecular weight is 164 g/mol. The van der Waals surface area contributed by atoms with Crippen molar-refractivity contribution in [2.75, 3.05) is 19.7 Å². The van der Waals surface area contributed by atoms with Crippen molar-refractivity contribution >= 4 is 0 Å². The van der Waals surface area contributed by atoms with Crippen LogP contribution in [-0.2, 0) is 4.74 Å². The molecule has 1 aromatic rings. The summed E-state index contributed by atoms with van der Waals surface area (Å²) in [6.07, 6.45) is 5.14. The molecule has 1 atom stereocenters. The summed E-state index contributed by atoms with van der Waals surface area (Å²) in [7, 11) is 0. The smallest absolute Gasteiger partial charge is 0.115 e. The van der Waals surface area contributed by atoms with E-state index in [1.807, 2.05) is 0 Å². The SMILES string of the molecule is c1ncc(C2C[N]CCO2)cn1. The standard InChI is InChI=1S/C8H10N3O/c1-2-12-8(5-9-1)7-3-10-6-11-4-7/h3-4,6,8H,1-2,5H2. The van der Waals surface area contributed by atoms with E-state index in [1.165, 1.54) is 6.33 Å². The molecular formula is C8H10N3O. The van der Waals surface area contributed by atoms with Crippen molar-refractivity contribution in [3.63, 3.8) is 0 Å². The number of ether oxygens (including phenoxy) is 1. The van der Waals surface area contributed by atoms with Crippen molar-refractivity contribution in [3.05, 3.63) is 24.3 Å². The zero-order chi connectivity index (χ0) is 8.23. The van der Waals surface area contributed by atoms with E-state index in [9.17, 15) is 0 Å². The molecule has 63 valence electrons. The number of aromatic nitrogens is 2. The number of hydrogen-bond acceptors (Lipinski definition) is 3. The fourth-order valence-electron chi connectivity index (χ4n) is 1.20. The molecular weight excluding hydrogens is 154 g/mol. The lowest BCUT2D eigenvalue weighted by atomic mass is 10.2. The van der Waals surface area contributed by atoms with Gasteiger partial charge in [-0.25, -0.2) is 15.3 Å². The summed E-state index contributed by atoms with van der Waals surface area (Å²) in [4.78, 5) is 7.85. The van der Waals surface area contributed by atoms with Crippen molar-refractivity contribution < 1.29 is 4.74 Å². The molecule has 0 N–H and O–H groups in total. The maximum Gasteiger partial charge on any atom is 0.115 e. The predicted octanol–water partition coefficient (Wildman–Crippen LogP) is 0.152.